The van der Waals surface area contributed by atoms with Gasteiger partial charge >= 0.3 is 0 Å². The molecular weight excluding hydrogens is 214 g/mol. The Morgan fingerprint density at radius 2 is 2.29 bits per heavy atom. The third kappa shape index (κ3) is 3.30. The van der Waals surface area contributed by atoms with Gasteiger partial charge in [-0.3, -0.25) is 4.68 Å². The van der Waals surface area contributed by atoms with Crippen molar-refractivity contribution in [2.75, 3.05) is 6.54 Å². The van der Waals surface area contributed by atoms with E-state index in [1.165, 1.54) is 19.3 Å². The number of rotatable bonds is 5. The van der Waals surface area contributed by atoms with Gasteiger partial charge in [0.05, 0.1) is 18.9 Å². The molecule has 96 valence electrons. The van der Waals surface area contributed by atoms with Gasteiger partial charge in [0.1, 0.15) is 0 Å². The number of nitrogens with two attached hydrogens (primary N) is 1. The maximum Gasteiger partial charge on any atom is 0.0751 e. The van der Waals surface area contributed by atoms with Crippen molar-refractivity contribution in [3.63, 3.8) is 0 Å². The van der Waals surface area contributed by atoms with E-state index in [1.54, 1.807) is 0 Å². The zero-order valence-corrected chi connectivity index (χ0v) is 10.6. The second-order valence-electron chi connectivity index (χ2n) is 4.83. The Morgan fingerprint density at radius 3 is 3.00 bits per heavy atom. The largest absolute Gasteiger partial charge is 0.373 e. The highest BCUT2D eigenvalue weighted by molar-refractivity contribution is 5.02. The molecule has 4 nitrogen and oxygen atoms in total. The van der Waals surface area contributed by atoms with Crippen molar-refractivity contribution in [2.45, 2.75) is 51.9 Å². The average Bonchev–Trinajstić information content (AvgIpc) is 2.84. The van der Waals surface area contributed by atoms with E-state index in [0.29, 0.717) is 18.6 Å². The summed E-state index contributed by atoms with van der Waals surface area (Å²) in [5.41, 5.74) is 6.95. The van der Waals surface area contributed by atoms with Crippen molar-refractivity contribution in [3.8, 4) is 0 Å². The Hall–Kier alpha value is -0.870. The minimum absolute atomic E-state index is 0.346. The molecule has 1 aliphatic rings. The lowest BCUT2D eigenvalue weighted by Gasteiger charge is -2.30. The third-order valence-corrected chi connectivity index (χ3v) is 3.62. The van der Waals surface area contributed by atoms with Gasteiger partial charge in [0.25, 0.3) is 0 Å². The van der Waals surface area contributed by atoms with Crippen molar-refractivity contribution < 1.29 is 4.74 Å². The summed E-state index contributed by atoms with van der Waals surface area (Å²) in [5.74, 6) is 0.546. The Morgan fingerprint density at radius 1 is 1.47 bits per heavy atom. The van der Waals surface area contributed by atoms with E-state index in [-0.39, 0.29) is 0 Å². The van der Waals surface area contributed by atoms with Crippen LogP contribution in [0.1, 0.15) is 38.2 Å². The van der Waals surface area contributed by atoms with Gasteiger partial charge in [0.2, 0.25) is 0 Å². The molecule has 4 heteroatoms. The molecule has 2 atom stereocenters. The Balaban J connectivity index is 1.83. The van der Waals surface area contributed by atoms with Crippen LogP contribution < -0.4 is 5.73 Å². The number of nitrogens with zero attached hydrogens (tertiary/aromatic N) is 2. The van der Waals surface area contributed by atoms with Crippen LogP contribution in [0.15, 0.2) is 12.4 Å². The molecule has 1 aromatic heterocycles. The number of aromatic nitrogens is 2. The first kappa shape index (κ1) is 12.6. The predicted octanol–water partition coefficient (Wildman–Crippen LogP) is 1.94. The predicted molar refractivity (Wildman–Crippen MR) is 67.5 cm³/mol. The average molecular weight is 237 g/mol. The molecule has 17 heavy (non-hydrogen) atoms. The molecule has 1 aromatic rings. The molecule has 2 rings (SSSR count). The van der Waals surface area contributed by atoms with Crippen LogP contribution in [0.3, 0.4) is 0 Å². The van der Waals surface area contributed by atoms with Crippen LogP contribution in [0, 0.1) is 5.92 Å². The fraction of sp³-hybridized carbons (Fsp3) is 0.769. The summed E-state index contributed by atoms with van der Waals surface area (Å²) in [4.78, 5) is 0. The lowest BCUT2D eigenvalue weighted by molar-refractivity contribution is -0.0183. The van der Waals surface area contributed by atoms with E-state index in [1.807, 2.05) is 10.9 Å². The normalized spacial score (nSPS) is 25.1. The SMILES string of the molecule is CCn1cc(COC2CCCCC2CN)cn1. The van der Waals surface area contributed by atoms with Gasteiger partial charge < -0.3 is 10.5 Å². The van der Waals surface area contributed by atoms with Gasteiger partial charge in [0, 0.05) is 18.3 Å². The molecule has 1 saturated carbocycles. The smallest absolute Gasteiger partial charge is 0.0751 e. The molecule has 0 aromatic carbocycles. The number of ether oxygens (including phenoxy) is 1. The minimum Gasteiger partial charge on any atom is -0.373 e. The van der Waals surface area contributed by atoms with Gasteiger partial charge in [-0.05, 0) is 32.2 Å². The summed E-state index contributed by atoms with van der Waals surface area (Å²) in [5, 5.41) is 4.25. The number of hydrogen-bond donors (Lipinski definition) is 1. The fourth-order valence-corrected chi connectivity index (χ4v) is 2.52. The molecule has 1 aliphatic carbocycles. The van der Waals surface area contributed by atoms with Gasteiger partial charge in [-0.2, -0.15) is 5.10 Å². The summed E-state index contributed by atoms with van der Waals surface area (Å²) >= 11 is 0. The van der Waals surface area contributed by atoms with E-state index < -0.39 is 0 Å². The van der Waals surface area contributed by atoms with Crippen LogP contribution in [0.25, 0.3) is 0 Å². The highest BCUT2D eigenvalue weighted by Gasteiger charge is 2.24. The second kappa shape index (κ2) is 6.17. The standard InChI is InChI=1S/C13H23N3O/c1-2-16-9-11(8-15-16)10-17-13-6-4-3-5-12(13)7-14/h8-9,12-13H,2-7,10,14H2,1H3. The molecule has 0 radical (unpaired) electrons. The van der Waals surface area contributed by atoms with Crippen molar-refractivity contribution in [3.05, 3.63) is 18.0 Å². The molecule has 2 N–H and O–H groups in total. The summed E-state index contributed by atoms with van der Waals surface area (Å²) in [6.07, 6.45) is 9.24. The maximum absolute atomic E-state index is 6.00. The zero-order chi connectivity index (χ0) is 12.1. The third-order valence-electron chi connectivity index (χ3n) is 3.62. The maximum atomic E-state index is 6.00. The van der Waals surface area contributed by atoms with E-state index in [9.17, 15) is 0 Å². The molecule has 1 fully saturated rings. The first-order valence-electron chi connectivity index (χ1n) is 6.66. The highest BCUT2D eigenvalue weighted by Crippen LogP contribution is 2.26. The lowest BCUT2D eigenvalue weighted by atomic mass is 9.86. The molecular formula is C13H23N3O. The van der Waals surface area contributed by atoms with Crippen LogP contribution in [0.2, 0.25) is 0 Å². The molecule has 0 saturated heterocycles. The van der Waals surface area contributed by atoms with E-state index in [0.717, 1.165) is 25.1 Å². The van der Waals surface area contributed by atoms with Crippen molar-refractivity contribution in [1.82, 2.24) is 9.78 Å². The van der Waals surface area contributed by atoms with E-state index in [2.05, 4.69) is 18.2 Å². The van der Waals surface area contributed by atoms with Crippen molar-refractivity contribution in [2.24, 2.45) is 11.7 Å². The molecule has 0 spiro atoms. The lowest BCUT2D eigenvalue weighted by Crippen LogP contribution is -2.33. The van der Waals surface area contributed by atoms with E-state index >= 15 is 0 Å². The fourth-order valence-electron chi connectivity index (χ4n) is 2.52. The topological polar surface area (TPSA) is 53.1 Å². The number of aryl methyl sites for hydroxylation is 1. The highest BCUT2D eigenvalue weighted by atomic mass is 16.5. The van der Waals surface area contributed by atoms with Gasteiger partial charge in [-0.1, -0.05) is 12.8 Å². The molecule has 2 unspecified atom stereocenters. The van der Waals surface area contributed by atoms with E-state index in [4.69, 9.17) is 10.5 Å². The van der Waals surface area contributed by atoms with Crippen LogP contribution in [-0.2, 0) is 17.9 Å². The second-order valence-corrected chi connectivity index (χ2v) is 4.83. The quantitative estimate of drug-likeness (QED) is 0.851. The first-order valence-corrected chi connectivity index (χ1v) is 6.66. The van der Waals surface area contributed by atoms with Crippen LogP contribution in [-0.4, -0.2) is 22.4 Å². The first-order chi connectivity index (χ1) is 8.33. The molecule has 0 amide bonds. The van der Waals surface area contributed by atoms with Crippen molar-refractivity contribution in [1.29, 1.82) is 0 Å². The molecule has 1 heterocycles. The van der Waals surface area contributed by atoms with Gasteiger partial charge in [-0.15, -0.1) is 0 Å². The Kier molecular flexibility index (Phi) is 4.57. The Bertz CT molecular complexity index is 337. The summed E-state index contributed by atoms with van der Waals surface area (Å²) < 4.78 is 7.93. The van der Waals surface area contributed by atoms with Crippen LogP contribution in [0.5, 0.6) is 0 Å². The minimum atomic E-state index is 0.346. The van der Waals surface area contributed by atoms with Gasteiger partial charge in [-0.25, -0.2) is 0 Å². The summed E-state index contributed by atoms with van der Waals surface area (Å²) in [6, 6.07) is 0. The van der Waals surface area contributed by atoms with Gasteiger partial charge in [0.15, 0.2) is 0 Å². The summed E-state index contributed by atoms with van der Waals surface area (Å²) in [6.45, 7) is 4.41. The number of hydrogen-bond acceptors (Lipinski definition) is 3. The summed E-state index contributed by atoms with van der Waals surface area (Å²) in [7, 11) is 0. The van der Waals surface area contributed by atoms with Crippen LogP contribution in [0.4, 0.5) is 0 Å². The van der Waals surface area contributed by atoms with Crippen LogP contribution >= 0.6 is 0 Å². The Labute approximate surface area is 103 Å². The van der Waals surface area contributed by atoms with Crippen molar-refractivity contribution >= 4 is 0 Å². The molecule has 0 bridgehead atoms. The molecule has 0 aliphatic heterocycles. The zero-order valence-electron chi connectivity index (χ0n) is 10.6. The monoisotopic (exact) mass is 237 g/mol.